The molecule has 0 radical (unpaired) electrons. The van der Waals surface area contributed by atoms with Crippen molar-refractivity contribution in [2.45, 2.75) is 32.4 Å². The number of benzene rings is 1. The van der Waals surface area contributed by atoms with E-state index in [4.69, 9.17) is 9.47 Å². The van der Waals surface area contributed by atoms with Crippen molar-refractivity contribution in [2.24, 2.45) is 0 Å². The number of nitrogens with one attached hydrogen (secondary N) is 1. The van der Waals surface area contributed by atoms with Gasteiger partial charge < -0.3 is 14.8 Å². The zero-order valence-corrected chi connectivity index (χ0v) is 10.1. The molecule has 16 heavy (non-hydrogen) atoms. The maximum Gasteiger partial charge on any atom is 0.126 e. The maximum absolute atomic E-state index is 5.74. The van der Waals surface area contributed by atoms with Gasteiger partial charge in [-0.25, -0.2) is 0 Å². The molecule has 0 saturated heterocycles. The largest absolute Gasteiger partial charge is 0.496 e. The van der Waals surface area contributed by atoms with Gasteiger partial charge in [-0.05, 0) is 18.6 Å². The highest BCUT2D eigenvalue weighted by molar-refractivity contribution is 5.46. The Bertz CT molecular complexity index is 349. The van der Waals surface area contributed by atoms with Crippen LogP contribution in [-0.2, 0) is 6.42 Å². The van der Waals surface area contributed by atoms with Crippen LogP contribution in [0.5, 0.6) is 11.5 Å². The maximum atomic E-state index is 5.74. The molecular formula is C13H19NO2. The van der Waals surface area contributed by atoms with Crippen LogP contribution in [0.3, 0.4) is 0 Å². The van der Waals surface area contributed by atoms with Gasteiger partial charge in [0.25, 0.3) is 0 Å². The molecule has 1 aromatic rings. The lowest BCUT2D eigenvalue weighted by Crippen LogP contribution is -2.42. The summed E-state index contributed by atoms with van der Waals surface area (Å²) in [4.78, 5) is 0. The van der Waals surface area contributed by atoms with Crippen molar-refractivity contribution in [1.29, 1.82) is 0 Å². The van der Waals surface area contributed by atoms with Crippen LogP contribution in [0.4, 0.5) is 0 Å². The molecule has 1 aromatic carbocycles. The lowest BCUT2D eigenvalue weighted by molar-refractivity contribution is 0.228. The summed E-state index contributed by atoms with van der Waals surface area (Å²) in [6.07, 6.45) is 0.970. The molecule has 1 aliphatic rings. The fraction of sp³-hybridized carbons (Fsp3) is 0.538. The summed E-state index contributed by atoms with van der Waals surface area (Å²) in [7, 11) is 1.70. The third-order valence-electron chi connectivity index (χ3n) is 2.77. The zero-order valence-electron chi connectivity index (χ0n) is 10.1. The first kappa shape index (κ1) is 11.3. The first-order valence-electron chi connectivity index (χ1n) is 5.75. The topological polar surface area (TPSA) is 30.5 Å². The van der Waals surface area contributed by atoms with Crippen LogP contribution in [0.25, 0.3) is 0 Å². The summed E-state index contributed by atoms with van der Waals surface area (Å²) < 4.78 is 11.1. The van der Waals surface area contributed by atoms with E-state index in [1.807, 2.05) is 18.2 Å². The SMILES string of the molecule is COc1cccc2c1CC(NC(C)C)CO2. The summed E-state index contributed by atoms with van der Waals surface area (Å²) in [5, 5.41) is 3.49. The molecule has 0 aliphatic carbocycles. The minimum atomic E-state index is 0.379. The molecule has 88 valence electrons. The molecule has 0 bridgehead atoms. The second-order valence-corrected chi connectivity index (χ2v) is 4.47. The standard InChI is InChI=1S/C13H19NO2/c1-9(2)14-10-7-11-12(15-3)5-4-6-13(11)16-8-10/h4-6,9-10,14H,7-8H2,1-3H3. The van der Waals surface area contributed by atoms with E-state index in [0.29, 0.717) is 12.1 Å². The smallest absolute Gasteiger partial charge is 0.126 e. The molecule has 0 amide bonds. The second-order valence-electron chi connectivity index (χ2n) is 4.47. The van der Waals surface area contributed by atoms with Crippen molar-refractivity contribution in [1.82, 2.24) is 5.32 Å². The first-order valence-corrected chi connectivity index (χ1v) is 5.75. The average Bonchev–Trinajstić information content (AvgIpc) is 2.27. The van der Waals surface area contributed by atoms with E-state index < -0.39 is 0 Å². The first-order chi connectivity index (χ1) is 7.70. The Balaban J connectivity index is 2.18. The number of fused-ring (bicyclic) bond motifs is 1. The van der Waals surface area contributed by atoms with Gasteiger partial charge in [0, 0.05) is 17.6 Å². The minimum absolute atomic E-state index is 0.379. The van der Waals surface area contributed by atoms with Crippen molar-refractivity contribution in [3.05, 3.63) is 23.8 Å². The van der Waals surface area contributed by atoms with Gasteiger partial charge >= 0.3 is 0 Å². The number of hydrogen-bond donors (Lipinski definition) is 1. The van der Waals surface area contributed by atoms with E-state index in [0.717, 1.165) is 24.5 Å². The van der Waals surface area contributed by atoms with Gasteiger partial charge in [-0.2, -0.15) is 0 Å². The van der Waals surface area contributed by atoms with Crippen LogP contribution in [-0.4, -0.2) is 25.8 Å². The van der Waals surface area contributed by atoms with Gasteiger partial charge in [0.1, 0.15) is 18.1 Å². The minimum Gasteiger partial charge on any atom is -0.496 e. The molecule has 0 fully saturated rings. The van der Waals surface area contributed by atoms with E-state index in [1.54, 1.807) is 7.11 Å². The summed E-state index contributed by atoms with van der Waals surface area (Å²) in [5.41, 5.74) is 1.18. The zero-order chi connectivity index (χ0) is 11.5. The molecule has 3 nitrogen and oxygen atoms in total. The molecule has 0 spiro atoms. The van der Waals surface area contributed by atoms with E-state index in [-0.39, 0.29) is 0 Å². The molecule has 1 atom stereocenters. The highest BCUT2D eigenvalue weighted by atomic mass is 16.5. The third-order valence-corrected chi connectivity index (χ3v) is 2.77. The van der Waals surface area contributed by atoms with E-state index in [2.05, 4.69) is 19.2 Å². The predicted molar refractivity (Wildman–Crippen MR) is 64.3 cm³/mol. The van der Waals surface area contributed by atoms with E-state index in [1.165, 1.54) is 5.56 Å². The quantitative estimate of drug-likeness (QED) is 0.846. The highest BCUT2D eigenvalue weighted by Gasteiger charge is 2.22. The van der Waals surface area contributed by atoms with Crippen molar-refractivity contribution in [3.63, 3.8) is 0 Å². The van der Waals surface area contributed by atoms with Crippen LogP contribution < -0.4 is 14.8 Å². The van der Waals surface area contributed by atoms with Crippen LogP contribution in [0.2, 0.25) is 0 Å². The number of rotatable bonds is 3. The molecule has 2 rings (SSSR count). The van der Waals surface area contributed by atoms with Gasteiger partial charge in [-0.1, -0.05) is 19.9 Å². The second kappa shape index (κ2) is 4.74. The van der Waals surface area contributed by atoms with Gasteiger partial charge in [0.15, 0.2) is 0 Å². The van der Waals surface area contributed by atoms with Gasteiger partial charge in [-0.15, -0.1) is 0 Å². The monoisotopic (exact) mass is 221 g/mol. The summed E-state index contributed by atoms with van der Waals surface area (Å²) in [6.45, 7) is 5.04. The van der Waals surface area contributed by atoms with Crippen molar-refractivity contribution in [3.8, 4) is 11.5 Å². The van der Waals surface area contributed by atoms with Crippen LogP contribution >= 0.6 is 0 Å². The average molecular weight is 221 g/mol. The predicted octanol–water partition coefficient (Wildman–Crippen LogP) is 2.00. The lowest BCUT2D eigenvalue weighted by Gasteiger charge is -2.28. The Morgan fingerprint density at radius 2 is 2.25 bits per heavy atom. The molecule has 3 heteroatoms. The van der Waals surface area contributed by atoms with Gasteiger partial charge in [0.2, 0.25) is 0 Å². The summed E-state index contributed by atoms with van der Waals surface area (Å²) in [5.74, 6) is 1.88. The molecule has 0 aromatic heterocycles. The number of hydrogen-bond acceptors (Lipinski definition) is 3. The summed E-state index contributed by atoms with van der Waals surface area (Å²) in [6, 6.07) is 6.81. The normalized spacial score (nSPS) is 19.1. The van der Waals surface area contributed by atoms with Crippen molar-refractivity contribution >= 4 is 0 Å². The van der Waals surface area contributed by atoms with Crippen LogP contribution in [0.15, 0.2) is 18.2 Å². The molecule has 0 saturated carbocycles. The van der Waals surface area contributed by atoms with Crippen molar-refractivity contribution in [2.75, 3.05) is 13.7 Å². The van der Waals surface area contributed by atoms with Crippen LogP contribution in [0, 0.1) is 0 Å². The fourth-order valence-corrected chi connectivity index (χ4v) is 2.15. The molecule has 1 N–H and O–H groups in total. The van der Waals surface area contributed by atoms with E-state index >= 15 is 0 Å². The summed E-state index contributed by atoms with van der Waals surface area (Å²) >= 11 is 0. The van der Waals surface area contributed by atoms with Crippen LogP contribution in [0.1, 0.15) is 19.4 Å². The molecule has 1 heterocycles. The molecule has 1 aliphatic heterocycles. The Morgan fingerprint density at radius 3 is 2.94 bits per heavy atom. The molecule has 1 unspecified atom stereocenters. The highest BCUT2D eigenvalue weighted by Crippen LogP contribution is 2.32. The van der Waals surface area contributed by atoms with Gasteiger partial charge in [-0.3, -0.25) is 0 Å². The third kappa shape index (κ3) is 2.30. The van der Waals surface area contributed by atoms with Gasteiger partial charge in [0.05, 0.1) is 7.11 Å². The Hall–Kier alpha value is -1.22. The van der Waals surface area contributed by atoms with Crippen molar-refractivity contribution < 1.29 is 9.47 Å². The Labute approximate surface area is 96.8 Å². The Morgan fingerprint density at radius 1 is 1.44 bits per heavy atom. The number of ether oxygens (including phenoxy) is 2. The molecular weight excluding hydrogens is 202 g/mol. The Kier molecular flexibility index (Phi) is 3.34. The lowest BCUT2D eigenvalue weighted by atomic mass is 10.0. The fourth-order valence-electron chi connectivity index (χ4n) is 2.15. The van der Waals surface area contributed by atoms with E-state index in [9.17, 15) is 0 Å². The number of methoxy groups -OCH3 is 1.